The summed E-state index contributed by atoms with van der Waals surface area (Å²) >= 11 is 8.29. The van der Waals surface area contributed by atoms with Crippen LogP contribution in [0, 0.1) is 0 Å². The topological polar surface area (TPSA) is 0 Å². The SMILES string of the molecule is [S]CCS. The van der Waals surface area contributed by atoms with Gasteiger partial charge >= 0.3 is 0 Å². The third kappa shape index (κ3) is 2.70. The number of hydrogen-bond donors (Lipinski definition) is 1. The van der Waals surface area contributed by atoms with Gasteiger partial charge in [-0.1, -0.05) is 12.6 Å². The molecule has 0 nitrogen and oxygen atoms in total. The van der Waals surface area contributed by atoms with Crippen LogP contribution in [0.3, 0.4) is 0 Å². The minimum Gasteiger partial charge on any atom is -0.178 e. The Morgan fingerprint density at radius 1 is 1.75 bits per heavy atom. The quantitative estimate of drug-likeness (QED) is 0.461. The molecule has 0 amide bonds. The van der Waals surface area contributed by atoms with Crippen LogP contribution in [0.15, 0.2) is 0 Å². The largest absolute Gasteiger partial charge is 0.178 e. The zero-order valence-electron chi connectivity index (χ0n) is 2.27. The van der Waals surface area contributed by atoms with Crippen molar-refractivity contribution < 1.29 is 0 Å². The molecule has 25 valence electrons. The van der Waals surface area contributed by atoms with E-state index < -0.39 is 0 Å². The molecule has 0 rings (SSSR count). The molecule has 0 heterocycles. The molecule has 0 atom stereocenters. The number of rotatable bonds is 1. The average Bonchev–Trinajstić information content (AvgIpc) is 1.37. The van der Waals surface area contributed by atoms with Crippen LogP contribution in [0.25, 0.3) is 0 Å². The van der Waals surface area contributed by atoms with E-state index in [0.717, 1.165) is 11.5 Å². The maximum Gasteiger partial charge on any atom is 0.0125 e. The van der Waals surface area contributed by atoms with Gasteiger partial charge in [0.25, 0.3) is 0 Å². The van der Waals surface area contributed by atoms with Gasteiger partial charge in [-0.15, -0.1) is 0 Å². The minimum absolute atomic E-state index is 0.767. The van der Waals surface area contributed by atoms with Crippen LogP contribution in [0.2, 0.25) is 0 Å². The van der Waals surface area contributed by atoms with Gasteiger partial charge < -0.3 is 0 Å². The molecule has 0 aliphatic rings. The third-order valence-electron chi connectivity index (χ3n) is 0.0913. The highest BCUT2D eigenvalue weighted by Crippen LogP contribution is 1.73. The summed E-state index contributed by atoms with van der Waals surface area (Å²) in [5, 5.41) is 0. The maximum atomic E-state index is 4.48. The Hall–Kier alpha value is 0.700. The van der Waals surface area contributed by atoms with Crippen LogP contribution >= 0.6 is 25.3 Å². The standard InChI is InChI=1S/C2H5S2/c3-1-2-4/h3H,1-2H2. The summed E-state index contributed by atoms with van der Waals surface area (Å²) in [4.78, 5) is 0. The lowest BCUT2D eigenvalue weighted by Gasteiger charge is -1.65. The van der Waals surface area contributed by atoms with Gasteiger partial charge in [0.05, 0.1) is 0 Å². The van der Waals surface area contributed by atoms with Crippen molar-refractivity contribution in [3.63, 3.8) is 0 Å². The Balaban J connectivity index is 1.97. The lowest BCUT2D eigenvalue weighted by molar-refractivity contribution is 1.59. The first-order valence-electron chi connectivity index (χ1n) is 1.10. The number of hydrogen-bond acceptors (Lipinski definition) is 1. The summed E-state index contributed by atoms with van der Waals surface area (Å²) in [5.41, 5.74) is 0. The molecule has 0 bridgehead atoms. The zero-order valence-corrected chi connectivity index (χ0v) is 3.98. The molecular formula is C2H5S2. The van der Waals surface area contributed by atoms with Crippen molar-refractivity contribution in [1.82, 2.24) is 0 Å². The number of thiol groups is 1. The molecule has 4 heavy (non-hydrogen) atoms. The van der Waals surface area contributed by atoms with Crippen molar-refractivity contribution in [3.8, 4) is 0 Å². The zero-order chi connectivity index (χ0) is 3.41. The van der Waals surface area contributed by atoms with Crippen molar-refractivity contribution in [3.05, 3.63) is 0 Å². The molecule has 0 spiro atoms. The van der Waals surface area contributed by atoms with Crippen LogP contribution in [0.5, 0.6) is 0 Å². The monoisotopic (exact) mass is 93.0 g/mol. The second-order valence-electron chi connectivity index (χ2n) is 0.428. The first-order chi connectivity index (χ1) is 1.91. The molecule has 0 aliphatic carbocycles. The molecule has 0 aromatic rings. The van der Waals surface area contributed by atoms with Crippen LogP contribution in [0.1, 0.15) is 0 Å². The van der Waals surface area contributed by atoms with Crippen LogP contribution in [0.4, 0.5) is 0 Å². The summed E-state index contributed by atoms with van der Waals surface area (Å²) in [6.07, 6.45) is 0. The van der Waals surface area contributed by atoms with E-state index in [4.69, 9.17) is 0 Å². The highest BCUT2D eigenvalue weighted by molar-refractivity contribution is 7.84. The molecule has 1 radical (unpaired) electrons. The maximum absolute atomic E-state index is 4.48. The Labute approximate surface area is 37.4 Å². The van der Waals surface area contributed by atoms with Crippen molar-refractivity contribution in [1.29, 1.82) is 0 Å². The van der Waals surface area contributed by atoms with Crippen LogP contribution in [-0.2, 0) is 0 Å². The molecule has 0 N–H and O–H groups in total. The molecule has 0 aromatic carbocycles. The third-order valence-corrected chi connectivity index (χ3v) is 0.822. The van der Waals surface area contributed by atoms with Crippen LogP contribution in [-0.4, -0.2) is 11.5 Å². The van der Waals surface area contributed by atoms with Crippen LogP contribution < -0.4 is 0 Å². The van der Waals surface area contributed by atoms with Gasteiger partial charge in [-0.05, 0) is 0 Å². The van der Waals surface area contributed by atoms with Gasteiger partial charge in [0, 0.05) is 11.5 Å². The summed E-state index contributed by atoms with van der Waals surface area (Å²) in [5.74, 6) is 1.60. The van der Waals surface area contributed by atoms with Gasteiger partial charge in [0.15, 0.2) is 0 Å². The highest BCUT2D eigenvalue weighted by atomic mass is 32.1. The van der Waals surface area contributed by atoms with Crippen molar-refractivity contribution in [2.75, 3.05) is 11.5 Å². The normalized spacial score (nSPS) is 7.50. The van der Waals surface area contributed by atoms with Crippen molar-refractivity contribution in [2.45, 2.75) is 0 Å². The van der Waals surface area contributed by atoms with E-state index in [2.05, 4.69) is 25.3 Å². The second kappa shape index (κ2) is 3.70. The molecule has 0 saturated carbocycles. The molecule has 0 aliphatic heterocycles. The van der Waals surface area contributed by atoms with Crippen molar-refractivity contribution in [2.24, 2.45) is 0 Å². The van der Waals surface area contributed by atoms with Gasteiger partial charge in [-0.3, -0.25) is 0 Å². The fourth-order valence-electron chi connectivity index (χ4n) is 0. The minimum atomic E-state index is 0.767. The predicted molar refractivity (Wildman–Crippen MR) is 26.3 cm³/mol. The molecule has 2 heteroatoms. The molecule has 0 fully saturated rings. The van der Waals surface area contributed by atoms with E-state index in [1.807, 2.05) is 0 Å². The summed E-state index contributed by atoms with van der Waals surface area (Å²) in [6.45, 7) is 0. The smallest absolute Gasteiger partial charge is 0.0125 e. The molecule has 0 unspecified atom stereocenters. The Bertz CT molecular complexity index is 6.00. The van der Waals surface area contributed by atoms with Gasteiger partial charge in [0.1, 0.15) is 0 Å². The van der Waals surface area contributed by atoms with Gasteiger partial charge in [-0.2, -0.15) is 12.6 Å². The average molecular weight is 93.2 g/mol. The van der Waals surface area contributed by atoms with Gasteiger partial charge in [0.2, 0.25) is 0 Å². The lowest BCUT2D eigenvalue weighted by Crippen LogP contribution is -1.64. The first-order valence-corrected chi connectivity index (χ1v) is 2.31. The van der Waals surface area contributed by atoms with E-state index >= 15 is 0 Å². The molecule has 0 aromatic heterocycles. The van der Waals surface area contributed by atoms with E-state index in [1.54, 1.807) is 0 Å². The van der Waals surface area contributed by atoms with E-state index in [-0.39, 0.29) is 0 Å². The Morgan fingerprint density at radius 2 is 2.00 bits per heavy atom. The molecule has 0 saturated heterocycles. The predicted octanol–water partition coefficient (Wildman–Crippen LogP) is 1.11. The molecular weight excluding hydrogens is 88.2 g/mol. The van der Waals surface area contributed by atoms with E-state index in [0.29, 0.717) is 0 Å². The summed E-state index contributed by atoms with van der Waals surface area (Å²) < 4.78 is 0. The van der Waals surface area contributed by atoms with Crippen molar-refractivity contribution >= 4 is 25.3 Å². The Morgan fingerprint density at radius 3 is 2.00 bits per heavy atom. The first kappa shape index (κ1) is 4.70. The highest BCUT2D eigenvalue weighted by Gasteiger charge is 1.59. The summed E-state index contributed by atoms with van der Waals surface area (Å²) in [6, 6.07) is 0. The lowest BCUT2D eigenvalue weighted by atomic mass is 11.0. The van der Waals surface area contributed by atoms with Gasteiger partial charge in [-0.25, -0.2) is 0 Å². The summed E-state index contributed by atoms with van der Waals surface area (Å²) in [7, 11) is 0. The van der Waals surface area contributed by atoms with E-state index in [1.165, 1.54) is 0 Å². The van der Waals surface area contributed by atoms with E-state index in [9.17, 15) is 0 Å². The fourth-order valence-corrected chi connectivity index (χ4v) is 0. The fraction of sp³-hybridized carbons (Fsp3) is 1.00. The second-order valence-corrected chi connectivity index (χ2v) is 1.28. The Kier molecular flexibility index (Phi) is 4.35.